The van der Waals surface area contributed by atoms with Gasteiger partial charge in [0.05, 0.1) is 12.1 Å². The summed E-state index contributed by atoms with van der Waals surface area (Å²) >= 11 is 0. The van der Waals surface area contributed by atoms with Gasteiger partial charge in [0.1, 0.15) is 5.82 Å². The lowest BCUT2D eigenvalue weighted by molar-refractivity contribution is -0.0246. The average molecular weight is 437 g/mol. The van der Waals surface area contributed by atoms with E-state index in [9.17, 15) is 18.7 Å². The van der Waals surface area contributed by atoms with Crippen molar-refractivity contribution in [2.75, 3.05) is 0 Å². The number of alkyl halides is 2. The first kappa shape index (κ1) is 23.1. The van der Waals surface area contributed by atoms with Crippen LogP contribution >= 0.6 is 0 Å². The number of hydrogen-bond donors (Lipinski definition) is 1. The fourth-order valence-corrected chi connectivity index (χ4v) is 3.43. The van der Waals surface area contributed by atoms with Gasteiger partial charge in [-0.25, -0.2) is 14.5 Å². The molecule has 0 fully saturated rings. The van der Waals surface area contributed by atoms with Crippen LogP contribution in [0.5, 0.6) is 0 Å². The minimum Gasteiger partial charge on any atom is -0.478 e. The molecule has 0 radical (unpaired) electrons. The fourth-order valence-electron chi connectivity index (χ4n) is 3.43. The first-order chi connectivity index (χ1) is 15.4. The molecule has 3 aromatic rings. The molecule has 0 bridgehead atoms. The molecule has 1 N–H and O–H groups in total. The lowest BCUT2D eigenvalue weighted by Crippen LogP contribution is -2.16. The Labute approximate surface area is 186 Å². The van der Waals surface area contributed by atoms with Crippen LogP contribution in [-0.4, -0.2) is 25.8 Å². The summed E-state index contributed by atoms with van der Waals surface area (Å²) < 4.78 is 30.5. The normalized spacial score (nSPS) is 11.3. The van der Waals surface area contributed by atoms with Crippen molar-refractivity contribution in [1.82, 2.24) is 14.8 Å². The Morgan fingerprint density at radius 2 is 1.91 bits per heavy atom. The summed E-state index contributed by atoms with van der Waals surface area (Å²) in [5.74, 6) is -1.62. The summed E-state index contributed by atoms with van der Waals surface area (Å²) in [5.41, 5.74) is 2.43. The number of hydrogen-bond acceptors (Lipinski definition) is 3. The van der Waals surface area contributed by atoms with Crippen LogP contribution in [0.4, 0.5) is 8.78 Å². The SMILES string of the molecule is C#CCCn1nc(C(F)(F)CCCC)nc1Cc1ccc(-c2ccccc2C(=O)O)cc1. The highest BCUT2D eigenvalue weighted by molar-refractivity contribution is 5.95. The van der Waals surface area contributed by atoms with Crippen LogP contribution < -0.4 is 0 Å². The second-order valence-corrected chi connectivity index (χ2v) is 7.56. The minimum absolute atomic E-state index is 0.216. The topological polar surface area (TPSA) is 68.0 Å². The average Bonchev–Trinajstić information content (AvgIpc) is 3.20. The lowest BCUT2D eigenvalue weighted by Gasteiger charge is -2.11. The van der Waals surface area contributed by atoms with Gasteiger partial charge in [-0.15, -0.1) is 17.4 Å². The Hall–Kier alpha value is -3.53. The van der Waals surface area contributed by atoms with Gasteiger partial charge >= 0.3 is 11.9 Å². The van der Waals surface area contributed by atoms with Crippen LogP contribution in [0.2, 0.25) is 0 Å². The number of unbranched alkanes of at least 4 members (excludes halogenated alkanes) is 1. The predicted molar refractivity (Wildman–Crippen MR) is 119 cm³/mol. The molecule has 0 aliphatic carbocycles. The number of terminal acetylenes is 1. The van der Waals surface area contributed by atoms with Crippen molar-refractivity contribution in [3.05, 3.63) is 71.3 Å². The first-order valence-electron chi connectivity index (χ1n) is 10.5. The van der Waals surface area contributed by atoms with Crippen LogP contribution in [0.25, 0.3) is 11.1 Å². The molecule has 3 rings (SSSR count). The molecular weight excluding hydrogens is 412 g/mol. The van der Waals surface area contributed by atoms with E-state index in [1.54, 1.807) is 24.3 Å². The van der Waals surface area contributed by atoms with E-state index in [1.165, 1.54) is 4.68 Å². The van der Waals surface area contributed by atoms with E-state index in [1.807, 2.05) is 31.2 Å². The molecule has 166 valence electrons. The summed E-state index contributed by atoms with van der Waals surface area (Å²) in [6, 6.07) is 14.1. The van der Waals surface area contributed by atoms with Gasteiger partial charge in [-0.2, -0.15) is 8.78 Å². The summed E-state index contributed by atoms with van der Waals surface area (Å²) in [5, 5.41) is 13.5. The van der Waals surface area contributed by atoms with Crippen molar-refractivity contribution in [3.8, 4) is 23.5 Å². The van der Waals surface area contributed by atoms with Crippen molar-refractivity contribution >= 4 is 5.97 Å². The van der Waals surface area contributed by atoms with Gasteiger partial charge in [0.2, 0.25) is 5.82 Å². The summed E-state index contributed by atoms with van der Waals surface area (Å²) in [6.07, 6.45) is 6.77. The molecule has 0 amide bonds. The number of carboxylic acids is 1. The van der Waals surface area contributed by atoms with E-state index >= 15 is 0 Å². The third-order valence-electron chi connectivity index (χ3n) is 5.17. The quantitative estimate of drug-likeness (QED) is 0.423. The lowest BCUT2D eigenvalue weighted by atomic mass is 9.98. The van der Waals surface area contributed by atoms with Crippen LogP contribution in [0.15, 0.2) is 48.5 Å². The molecule has 7 heteroatoms. The van der Waals surface area contributed by atoms with Crippen LogP contribution in [-0.2, 0) is 18.9 Å². The maximum atomic E-state index is 14.5. The molecule has 0 saturated carbocycles. The third kappa shape index (κ3) is 5.38. The maximum absolute atomic E-state index is 14.5. The van der Waals surface area contributed by atoms with Crippen molar-refractivity contribution < 1.29 is 18.7 Å². The second kappa shape index (κ2) is 10.2. The summed E-state index contributed by atoms with van der Waals surface area (Å²) in [7, 11) is 0. The van der Waals surface area contributed by atoms with Gasteiger partial charge in [-0.3, -0.25) is 0 Å². The fraction of sp³-hybridized carbons (Fsp3) is 0.320. The Morgan fingerprint density at radius 1 is 1.19 bits per heavy atom. The van der Waals surface area contributed by atoms with E-state index in [0.717, 1.165) is 11.1 Å². The zero-order valence-corrected chi connectivity index (χ0v) is 17.9. The largest absolute Gasteiger partial charge is 0.478 e. The zero-order chi connectivity index (χ0) is 23.1. The summed E-state index contributed by atoms with van der Waals surface area (Å²) in [4.78, 5) is 15.6. The van der Waals surface area contributed by atoms with Gasteiger partial charge in [-0.1, -0.05) is 55.8 Å². The first-order valence-corrected chi connectivity index (χ1v) is 10.5. The van der Waals surface area contributed by atoms with Crippen LogP contribution in [0.3, 0.4) is 0 Å². The van der Waals surface area contributed by atoms with E-state index < -0.39 is 17.7 Å². The smallest absolute Gasteiger partial charge is 0.336 e. The molecule has 0 saturated heterocycles. The molecule has 5 nitrogen and oxygen atoms in total. The number of carbonyl (C=O) groups is 1. The number of halogens is 2. The molecule has 0 aliphatic rings. The number of aromatic nitrogens is 3. The molecule has 0 spiro atoms. The molecule has 1 aromatic heterocycles. The van der Waals surface area contributed by atoms with Crippen LogP contribution in [0.1, 0.15) is 60.2 Å². The van der Waals surface area contributed by atoms with Gasteiger partial charge in [0.25, 0.3) is 0 Å². The van der Waals surface area contributed by atoms with Gasteiger partial charge in [-0.05, 0) is 29.2 Å². The second-order valence-electron chi connectivity index (χ2n) is 7.56. The van der Waals surface area contributed by atoms with Crippen molar-refractivity contribution in [3.63, 3.8) is 0 Å². The minimum atomic E-state index is -3.09. The van der Waals surface area contributed by atoms with E-state index in [-0.39, 0.29) is 12.0 Å². The Kier molecular flexibility index (Phi) is 7.37. The highest BCUT2D eigenvalue weighted by atomic mass is 19.3. The maximum Gasteiger partial charge on any atom is 0.336 e. The molecule has 2 aromatic carbocycles. The van der Waals surface area contributed by atoms with Crippen molar-refractivity contribution in [1.29, 1.82) is 0 Å². The number of aryl methyl sites for hydroxylation is 1. The molecule has 32 heavy (non-hydrogen) atoms. The number of benzene rings is 2. The molecule has 0 aliphatic heterocycles. The highest BCUT2D eigenvalue weighted by Crippen LogP contribution is 2.31. The highest BCUT2D eigenvalue weighted by Gasteiger charge is 2.36. The van der Waals surface area contributed by atoms with Gasteiger partial charge < -0.3 is 5.11 Å². The van der Waals surface area contributed by atoms with Gasteiger partial charge in [0, 0.05) is 19.3 Å². The predicted octanol–water partition coefficient (Wildman–Crippen LogP) is 5.54. The molecule has 0 unspecified atom stereocenters. The Morgan fingerprint density at radius 3 is 2.56 bits per heavy atom. The van der Waals surface area contributed by atoms with Crippen molar-refractivity contribution in [2.24, 2.45) is 0 Å². The Balaban J connectivity index is 1.86. The van der Waals surface area contributed by atoms with E-state index in [4.69, 9.17) is 6.42 Å². The van der Waals surface area contributed by atoms with E-state index in [0.29, 0.717) is 43.6 Å². The molecule has 1 heterocycles. The van der Waals surface area contributed by atoms with Crippen LogP contribution in [0, 0.1) is 12.3 Å². The summed E-state index contributed by atoms with van der Waals surface area (Å²) in [6.45, 7) is 2.17. The monoisotopic (exact) mass is 437 g/mol. The number of rotatable bonds is 10. The molecular formula is C25H25F2N3O2. The van der Waals surface area contributed by atoms with Gasteiger partial charge in [0.15, 0.2) is 0 Å². The third-order valence-corrected chi connectivity index (χ3v) is 5.17. The number of aromatic carboxylic acids is 1. The van der Waals surface area contributed by atoms with Crippen molar-refractivity contribution in [2.45, 2.75) is 51.5 Å². The standard InChI is InChI=1S/C25H25F2N3O2/c1-3-5-15-25(26,27)24-28-22(30(29-24)16-6-4-2)17-18-11-13-19(14-12-18)20-9-7-8-10-21(20)23(31)32/h2,7-14H,3,5-6,15-17H2,1H3,(H,31,32). The zero-order valence-electron chi connectivity index (χ0n) is 17.9. The number of carboxylic acid groups (broad SMARTS) is 1. The Bertz CT molecular complexity index is 1110. The van der Waals surface area contributed by atoms with E-state index in [2.05, 4.69) is 16.0 Å². The number of nitrogens with zero attached hydrogens (tertiary/aromatic N) is 3. The molecule has 0 atom stereocenters.